The van der Waals surface area contributed by atoms with Crippen molar-refractivity contribution in [3.05, 3.63) is 51.6 Å². The van der Waals surface area contributed by atoms with E-state index in [-0.39, 0.29) is 23.8 Å². The molecule has 34 heavy (non-hydrogen) atoms. The molecule has 9 nitrogen and oxygen atoms in total. The Morgan fingerprint density at radius 2 is 1.97 bits per heavy atom. The predicted octanol–water partition coefficient (Wildman–Crippen LogP) is 3.13. The molecule has 2 fully saturated rings. The number of aromatic amines is 1. The summed E-state index contributed by atoms with van der Waals surface area (Å²) in [5.41, 5.74) is 2.72. The minimum Gasteiger partial charge on any atom is -0.377 e. The van der Waals surface area contributed by atoms with E-state index in [1.54, 1.807) is 0 Å². The van der Waals surface area contributed by atoms with Crippen LogP contribution in [0.2, 0.25) is 0 Å². The minimum atomic E-state index is -0.0532. The van der Waals surface area contributed by atoms with Crippen molar-refractivity contribution in [1.82, 2.24) is 30.1 Å². The zero-order valence-corrected chi connectivity index (χ0v) is 20.1. The average Bonchev–Trinajstić information content (AvgIpc) is 3.60. The molecule has 182 valence electrons. The summed E-state index contributed by atoms with van der Waals surface area (Å²) in [6.07, 6.45) is 5.33. The Kier molecular flexibility index (Phi) is 7.03. The molecule has 4 heterocycles. The number of pyridine rings is 1. The van der Waals surface area contributed by atoms with Gasteiger partial charge < -0.3 is 14.5 Å². The van der Waals surface area contributed by atoms with Crippen LogP contribution < -0.4 is 5.56 Å². The summed E-state index contributed by atoms with van der Waals surface area (Å²) in [5, 5.41) is 13.8. The van der Waals surface area contributed by atoms with Crippen molar-refractivity contribution in [1.29, 1.82) is 0 Å². The molecule has 0 aliphatic carbocycles. The smallest absolute Gasteiger partial charge is 0.252 e. The molecule has 0 saturated carbocycles. The number of fused-ring (bicyclic) bond motifs is 1. The first-order valence-corrected chi connectivity index (χ1v) is 12.5. The summed E-state index contributed by atoms with van der Waals surface area (Å²) in [4.78, 5) is 18.4. The van der Waals surface area contributed by atoms with E-state index in [0.29, 0.717) is 13.1 Å². The van der Waals surface area contributed by atoms with Gasteiger partial charge in [-0.05, 0) is 73.0 Å². The molecule has 2 aliphatic rings. The van der Waals surface area contributed by atoms with Crippen LogP contribution in [0.1, 0.15) is 62.0 Å². The maximum absolute atomic E-state index is 13.0. The summed E-state index contributed by atoms with van der Waals surface area (Å²) < 4.78 is 13.7. The Hall–Kier alpha value is -2.62. The van der Waals surface area contributed by atoms with Gasteiger partial charge in [0.05, 0.1) is 24.8 Å². The lowest BCUT2D eigenvalue weighted by atomic mass is 10.1. The van der Waals surface area contributed by atoms with Crippen molar-refractivity contribution in [2.45, 2.75) is 77.3 Å². The van der Waals surface area contributed by atoms with Crippen LogP contribution >= 0.6 is 0 Å². The van der Waals surface area contributed by atoms with Gasteiger partial charge in [-0.25, -0.2) is 4.68 Å². The van der Waals surface area contributed by atoms with Crippen molar-refractivity contribution >= 4 is 10.9 Å². The van der Waals surface area contributed by atoms with E-state index in [0.717, 1.165) is 74.2 Å². The number of aryl methyl sites for hydroxylation is 1. The molecule has 0 spiro atoms. The van der Waals surface area contributed by atoms with Crippen LogP contribution in [0, 0.1) is 6.92 Å². The first-order valence-electron chi connectivity index (χ1n) is 12.5. The SMILES string of the molecule is CC[C@H](c1nnnn1C[C@H]1CCCO1)N(Cc1cc2cc(C)ccc2[nH]c1=O)C[C@H]1CCCO1. The Morgan fingerprint density at radius 1 is 1.18 bits per heavy atom. The molecule has 2 saturated heterocycles. The van der Waals surface area contributed by atoms with Crippen LogP contribution in [0.4, 0.5) is 0 Å². The maximum atomic E-state index is 13.0. The molecule has 1 N–H and O–H groups in total. The van der Waals surface area contributed by atoms with Crippen LogP contribution in [0.25, 0.3) is 10.9 Å². The zero-order chi connectivity index (χ0) is 23.5. The highest BCUT2D eigenvalue weighted by Crippen LogP contribution is 2.27. The van der Waals surface area contributed by atoms with Crippen molar-refractivity contribution in [3.8, 4) is 0 Å². The third kappa shape index (κ3) is 5.06. The van der Waals surface area contributed by atoms with Gasteiger partial charge in [0, 0.05) is 37.4 Å². The second-order valence-electron chi connectivity index (χ2n) is 9.56. The number of hydrogen-bond donors (Lipinski definition) is 1. The lowest BCUT2D eigenvalue weighted by Crippen LogP contribution is -2.38. The van der Waals surface area contributed by atoms with Crippen molar-refractivity contribution in [3.63, 3.8) is 0 Å². The summed E-state index contributed by atoms with van der Waals surface area (Å²) in [6, 6.07) is 8.08. The highest BCUT2D eigenvalue weighted by Gasteiger charge is 2.30. The average molecular weight is 467 g/mol. The molecule has 2 aliphatic heterocycles. The number of nitrogens with one attached hydrogen (secondary N) is 1. The van der Waals surface area contributed by atoms with E-state index < -0.39 is 0 Å². The highest BCUT2D eigenvalue weighted by atomic mass is 16.5. The van der Waals surface area contributed by atoms with Gasteiger partial charge >= 0.3 is 0 Å². The third-order valence-electron chi connectivity index (χ3n) is 7.00. The Morgan fingerprint density at radius 3 is 2.71 bits per heavy atom. The van der Waals surface area contributed by atoms with Gasteiger partial charge in [0.2, 0.25) is 0 Å². The molecule has 3 aromatic rings. The largest absolute Gasteiger partial charge is 0.377 e. The lowest BCUT2D eigenvalue weighted by Gasteiger charge is -2.32. The van der Waals surface area contributed by atoms with Gasteiger partial charge in [-0.2, -0.15) is 0 Å². The summed E-state index contributed by atoms with van der Waals surface area (Å²) >= 11 is 0. The second-order valence-corrected chi connectivity index (χ2v) is 9.56. The topological polar surface area (TPSA) is 98.2 Å². The Labute approximate surface area is 199 Å². The molecular formula is C25H34N6O3. The van der Waals surface area contributed by atoms with E-state index >= 15 is 0 Å². The molecule has 0 unspecified atom stereocenters. The number of benzene rings is 1. The van der Waals surface area contributed by atoms with Crippen molar-refractivity contribution in [2.24, 2.45) is 0 Å². The number of rotatable bonds is 9. The number of H-pyrrole nitrogens is 1. The van der Waals surface area contributed by atoms with Crippen LogP contribution in [0.3, 0.4) is 0 Å². The Bertz CT molecular complexity index is 1160. The lowest BCUT2D eigenvalue weighted by molar-refractivity contribution is 0.0470. The van der Waals surface area contributed by atoms with Gasteiger partial charge in [0.25, 0.3) is 5.56 Å². The Balaban J connectivity index is 1.46. The van der Waals surface area contributed by atoms with E-state index in [2.05, 4.69) is 45.3 Å². The highest BCUT2D eigenvalue weighted by molar-refractivity contribution is 5.79. The van der Waals surface area contributed by atoms with E-state index in [1.807, 2.05) is 22.9 Å². The molecule has 2 aromatic heterocycles. The fourth-order valence-electron chi connectivity index (χ4n) is 5.22. The number of tetrazole rings is 1. The first-order chi connectivity index (χ1) is 16.6. The number of hydrogen-bond acceptors (Lipinski definition) is 7. The molecule has 0 radical (unpaired) electrons. The summed E-state index contributed by atoms with van der Waals surface area (Å²) in [5.74, 6) is 0.823. The third-order valence-corrected chi connectivity index (χ3v) is 7.00. The van der Waals surface area contributed by atoms with E-state index in [1.165, 1.54) is 5.56 Å². The quantitative estimate of drug-likeness (QED) is 0.517. The minimum absolute atomic E-state index is 0.0341. The van der Waals surface area contributed by atoms with Gasteiger partial charge in [0.15, 0.2) is 5.82 Å². The number of aromatic nitrogens is 5. The molecule has 3 atom stereocenters. The normalized spacial score (nSPS) is 21.6. The van der Waals surface area contributed by atoms with Crippen LogP contribution in [-0.2, 0) is 22.6 Å². The van der Waals surface area contributed by atoms with Crippen molar-refractivity contribution < 1.29 is 9.47 Å². The molecule has 5 rings (SSSR count). The van der Waals surface area contributed by atoms with E-state index in [4.69, 9.17) is 9.47 Å². The number of nitrogens with zero attached hydrogens (tertiary/aromatic N) is 5. The van der Waals surface area contributed by atoms with Gasteiger partial charge in [-0.15, -0.1) is 5.10 Å². The van der Waals surface area contributed by atoms with E-state index in [9.17, 15) is 4.79 Å². The van der Waals surface area contributed by atoms with Crippen LogP contribution in [0.5, 0.6) is 0 Å². The van der Waals surface area contributed by atoms with Gasteiger partial charge in [-0.3, -0.25) is 9.69 Å². The fourth-order valence-corrected chi connectivity index (χ4v) is 5.22. The van der Waals surface area contributed by atoms with Gasteiger partial charge in [0.1, 0.15) is 0 Å². The molecule has 0 amide bonds. The van der Waals surface area contributed by atoms with Crippen molar-refractivity contribution in [2.75, 3.05) is 19.8 Å². The van der Waals surface area contributed by atoms with Crippen LogP contribution in [0.15, 0.2) is 29.1 Å². The molecular weight excluding hydrogens is 432 g/mol. The molecule has 1 aromatic carbocycles. The fraction of sp³-hybridized carbons (Fsp3) is 0.600. The standard InChI is InChI=1S/C25H34N6O3/c1-3-23(24-27-28-29-31(24)16-21-7-5-11-34-21)30(15-20-6-4-10-33-20)14-19-13-18-12-17(2)8-9-22(18)26-25(19)32/h8-9,12-13,20-21,23H,3-7,10-11,14-16H2,1-2H3,(H,26,32)/t20-,21-,23-/m1/s1. The summed E-state index contributed by atoms with van der Waals surface area (Å²) in [6.45, 7) is 7.70. The second kappa shape index (κ2) is 10.3. The zero-order valence-electron chi connectivity index (χ0n) is 20.1. The molecule has 0 bridgehead atoms. The van der Waals surface area contributed by atoms with Gasteiger partial charge in [-0.1, -0.05) is 18.6 Å². The number of ether oxygens (including phenoxy) is 2. The monoisotopic (exact) mass is 466 g/mol. The maximum Gasteiger partial charge on any atom is 0.252 e. The first kappa shape index (κ1) is 23.1. The summed E-state index contributed by atoms with van der Waals surface area (Å²) in [7, 11) is 0. The molecule has 9 heteroatoms. The van der Waals surface area contributed by atoms with Crippen LogP contribution in [-0.4, -0.2) is 62.1 Å². The predicted molar refractivity (Wildman–Crippen MR) is 129 cm³/mol.